The van der Waals surface area contributed by atoms with Gasteiger partial charge in [-0.15, -0.1) is 0 Å². The van der Waals surface area contributed by atoms with Gasteiger partial charge in [0.25, 0.3) is 0 Å². The minimum atomic E-state index is -3.51. The predicted octanol–water partition coefficient (Wildman–Crippen LogP) is 2.07. The summed E-state index contributed by atoms with van der Waals surface area (Å²) < 4.78 is 37.7. The fourth-order valence-electron chi connectivity index (χ4n) is 3.93. The van der Waals surface area contributed by atoms with Crippen LogP contribution >= 0.6 is 0 Å². The number of nitrogens with one attached hydrogen (secondary N) is 2. The fraction of sp³-hybridized carbons (Fsp3) is 0.435. The summed E-state index contributed by atoms with van der Waals surface area (Å²) in [6, 6.07) is 12.5. The number of ether oxygens (including phenoxy) is 2. The van der Waals surface area contributed by atoms with Crippen molar-refractivity contribution in [3.8, 4) is 5.75 Å². The summed E-state index contributed by atoms with van der Waals surface area (Å²) in [5.41, 5.74) is 3.58. The zero-order valence-corrected chi connectivity index (χ0v) is 18.8. The molecule has 2 aliphatic rings. The highest BCUT2D eigenvalue weighted by Gasteiger charge is 2.26. The normalized spacial score (nSPS) is 16.4. The van der Waals surface area contributed by atoms with Gasteiger partial charge in [0.15, 0.2) is 0 Å². The molecule has 0 aromatic heterocycles. The van der Waals surface area contributed by atoms with E-state index >= 15 is 0 Å². The summed E-state index contributed by atoms with van der Waals surface area (Å²) in [6.07, 6.45) is 3.45. The molecule has 0 bridgehead atoms. The molecule has 4 rings (SSSR count). The molecule has 0 unspecified atom stereocenters. The Bertz CT molecular complexity index is 1030. The van der Waals surface area contributed by atoms with Crippen molar-refractivity contribution in [2.75, 3.05) is 39.5 Å². The Labute approximate surface area is 189 Å². The van der Waals surface area contributed by atoms with Gasteiger partial charge >= 0.3 is 6.03 Å². The Morgan fingerprint density at radius 3 is 2.53 bits per heavy atom. The first-order valence-electron chi connectivity index (χ1n) is 11.0. The maximum absolute atomic E-state index is 12.6. The number of rotatable bonds is 8. The number of benzene rings is 2. The number of nitrogens with zero attached hydrogens (tertiary/aromatic N) is 1. The third-order valence-corrected chi connectivity index (χ3v) is 7.62. The van der Waals surface area contributed by atoms with E-state index in [0.29, 0.717) is 46.0 Å². The molecule has 172 valence electrons. The highest BCUT2D eigenvalue weighted by molar-refractivity contribution is 7.89. The largest absolute Gasteiger partial charge is 0.492 e. The van der Waals surface area contributed by atoms with Crippen molar-refractivity contribution < 1.29 is 22.7 Å². The maximum Gasteiger partial charge on any atom is 0.315 e. The van der Waals surface area contributed by atoms with Crippen LogP contribution in [0.3, 0.4) is 0 Å². The highest BCUT2D eigenvalue weighted by atomic mass is 32.2. The van der Waals surface area contributed by atoms with E-state index in [0.717, 1.165) is 24.2 Å². The molecule has 1 heterocycles. The number of carbonyl (C=O) groups is 1. The Hall–Kier alpha value is -2.62. The average molecular weight is 460 g/mol. The molecule has 9 heteroatoms. The summed E-state index contributed by atoms with van der Waals surface area (Å²) in [6.45, 7) is 2.63. The molecule has 1 fully saturated rings. The molecule has 2 aromatic carbocycles. The molecule has 2 N–H and O–H groups in total. The van der Waals surface area contributed by atoms with Gasteiger partial charge in [0.1, 0.15) is 12.4 Å². The molecular weight excluding hydrogens is 430 g/mol. The van der Waals surface area contributed by atoms with Crippen molar-refractivity contribution in [2.24, 2.45) is 0 Å². The Morgan fingerprint density at radius 2 is 1.75 bits per heavy atom. The average Bonchev–Trinajstić information content (AvgIpc) is 3.29. The highest BCUT2D eigenvalue weighted by Crippen LogP contribution is 2.25. The molecule has 2 aromatic rings. The molecule has 0 radical (unpaired) electrons. The van der Waals surface area contributed by atoms with Gasteiger partial charge in [-0.3, -0.25) is 0 Å². The van der Waals surface area contributed by atoms with Crippen LogP contribution in [0.15, 0.2) is 47.4 Å². The van der Waals surface area contributed by atoms with Crippen LogP contribution in [0.4, 0.5) is 4.79 Å². The summed E-state index contributed by atoms with van der Waals surface area (Å²) >= 11 is 0. The van der Waals surface area contributed by atoms with Gasteiger partial charge in [-0.05, 0) is 60.2 Å². The molecule has 1 saturated heterocycles. The van der Waals surface area contributed by atoms with Crippen LogP contribution in [0, 0.1) is 0 Å². The van der Waals surface area contributed by atoms with E-state index in [4.69, 9.17) is 9.47 Å². The molecule has 0 saturated carbocycles. The third-order valence-electron chi connectivity index (χ3n) is 5.71. The first-order chi connectivity index (χ1) is 15.5. The van der Waals surface area contributed by atoms with E-state index in [1.54, 1.807) is 24.3 Å². The van der Waals surface area contributed by atoms with Gasteiger partial charge in [-0.25, -0.2) is 13.2 Å². The van der Waals surface area contributed by atoms with Crippen molar-refractivity contribution in [3.05, 3.63) is 59.2 Å². The number of aryl methyl sites for hydroxylation is 2. The third kappa shape index (κ3) is 5.59. The van der Waals surface area contributed by atoms with Gasteiger partial charge in [-0.2, -0.15) is 4.31 Å². The van der Waals surface area contributed by atoms with Gasteiger partial charge in [0, 0.05) is 19.6 Å². The first kappa shape index (κ1) is 22.6. The Morgan fingerprint density at radius 1 is 1.00 bits per heavy atom. The summed E-state index contributed by atoms with van der Waals surface area (Å²) in [5, 5.41) is 5.54. The van der Waals surface area contributed by atoms with Crippen molar-refractivity contribution in [1.82, 2.24) is 14.9 Å². The molecule has 1 aliphatic carbocycles. The van der Waals surface area contributed by atoms with Crippen LogP contribution in [0.2, 0.25) is 0 Å². The molecular formula is C23H29N3O5S. The standard InChI is InChI=1S/C23H29N3O5S/c27-23(24-10-13-31-21-7-6-19-2-1-3-20(19)16-21)25-17-18-4-8-22(9-5-18)32(28,29)26-11-14-30-15-12-26/h4-9,16H,1-3,10-15,17H2,(H2,24,25,27). The van der Waals surface area contributed by atoms with Crippen molar-refractivity contribution >= 4 is 16.1 Å². The smallest absolute Gasteiger partial charge is 0.315 e. The van der Waals surface area contributed by atoms with E-state index in [9.17, 15) is 13.2 Å². The number of fused-ring (bicyclic) bond motifs is 1. The van der Waals surface area contributed by atoms with Crippen LogP contribution in [-0.2, 0) is 34.1 Å². The molecule has 1 aliphatic heterocycles. The van der Waals surface area contributed by atoms with Crippen molar-refractivity contribution in [2.45, 2.75) is 30.7 Å². The Kier molecular flexibility index (Phi) is 7.29. The summed E-state index contributed by atoms with van der Waals surface area (Å²) in [5.74, 6) is 0.833. The maximum atomic E-state index is 12.6. The minimum Gasteiger partial charge on any atom is -0.492 e. The number of hydrogen-bond donors (Lipinski definition) is 2. The van der Waals surface area contributed by atoms with E-state index < -0.39 is 10.0 Å². The Balaban J connectivity index is 1.18. The summed E-state index contributed by atoms with van der Waals surface area (Å²) in [4.78, 5) is 12.3. The van der Waals surface area contributed by atoms with Gasteiger partial charge < -0.3 is 20.1 Å². The number of urea groups is 1. The molecule has 0 atom stereocenters. The van der Waals surface area contributed by atoms with Crippen molar-refractivity contribution in [1.29, 1.82) is 0 Å². The zero-order chi connectivity index (χ0) is 22.4. The van der Waals surface area contributed by atoms with E-state index in [-0.39, 0.29) is 10.9 Å². The van der Waals surface area contributed by atoms with Crippen LogP contribution < -0.4 is 15.4 Å². The minimum absolute atomic E-state index is 0.247. The monoisotopic (exact) mass is 459 g/mol. The number of amides is 2. The lowest BCUT2D eigenvalue weighted by Crippen LogP contribution is -2.40. The first-order valence-corrected chi connectivity index (χ1v) is 12.4. The number of hydrogen-bond acceptors (Lipinski definition) is 5. The van der Waals surface area contributed by atoms with Crippen LogP contribution in [0.5, 0.6) is 5.75 Å². The van der Waals surface area contributed by atoms with Crippen LogP contribution in [0.25, 0.3) is 0 Å². The second-order valence-electron chi connectivity index (χ2n) is 7.90. The fourth-order valence-corrected chi connectivity index (χ4v) is 5.34. The second-order valence-corrected chi connectivity index (χ2v) is 9.84. The lowest BCUT2D eigenvalue weighted by molar-refractivity contribution is 0.0730. The van der Waals surface area contributed by atoms with Crippen molar-refractivity contribution in [3.63, 3.8) is 0 Å². The molecule has 8 nitrogen and oxygen atoms in total. The zero-order valence-electron chi connectivity index (χ0n) is 18.0. The van der Waals surface area contributed by atoms with E-state index in [1.165, 1.54) is 21.9 Å². The molecule has 2 amide bonds. The number of carbonyl (C=O) groups excluding carboxylic acids is 1. The number of sulfonamides is 1. The van der Waals surface area contributed by atoms with Crippen LogP contribution in [-0.4, -0.2) is 58.2 Å². The van der Waals surface area contributed by atoms with Gasteiger partial charge in [0.2, 0.25) is 10.0 Å². The van der Waals surface area contributed by atoms with Crippen LogP contribution in [0.1, 0.15) is 23.1 Å². The molecule has 0 spiro atoms. The second kappa shape index (κ2) is 10.3. The van der Waals surface area contributed by atoms with Gasteiger partial charge in [-0.1, -0.05) is 18.2 Å². The quantitative estimate of drug-likeness (QED) is 0.589. The van der Waals surface area contributed by atoms with E-state index in [2.05, 4.69) is 22.8 Å². The summed E-state index contributed by atoms with van der Waals surface area (Å²) in [7, 11) is -3.51. The number of morpholine rings is 1. The SMILES string of the molecule is O=C(NCCOc1ccc2c(c1)CCC2)NCc1ccc(S(=O)(=O)N2CCOCC2)cc1. The van der Waals surface area contributed by atoms with Gasteiger partial charge in [0.05, 0.1) is 24.7 Å². The lowest BCUT2D eigenvalue weighted by atomic mass is 10.1. The topological polar surface area (TPSA) is 97.0 Å². The lowest BCUT2D eigenvalue weighted by Gasteiger charge is -2.26. The van der Waals surface area contributed by atoms with E-state index in [1.807, 2.05) is 6.07 Å². The predicted molar refractivity (Wildman–Crippen MR) is 120 cm³/mol. The molecule has 32 heavy (non-hydrogen) atoms.